The first-order chi connectivity index (χ1) is 18.8. The van der Waals surface area contributed by atoms with Crippen molar-refractivity contribution in [2.24, 2.45) is 10.7 Å². The predicted molar refractivity (Wildman–Crippen MR) is 158 cm³/mol. The average Bonchev–Trinajstić information content (AvgIpc) is 3.26. The van der Waals surface area contributed by atoms with Gasteiger partial charge in [0.2, 0.25) is 5.91 Å². The van der Waals surface area contributed by atoms with Gasteiger partial charge in [0, 0.05) is 34.6 Å². The summed E-state index contributed by atoms with van der Waals surface area (Å²) in [6, 6.07) is 13.3. The molecule has 2 aromatic carbocycles. The Morgan fingerprint density at radius 3 is 2.87 bits per heavy atom. The molecule has 204 valence electrons. The lowest BCUT2D eigenvalue weighted by molar-refractivity contribution is -0.141. The molecule has 1 amide bonds. The first-order valence-corrected chi connectivity index (χ1v) is 13.4. The van der Waals surface area contributed by atoms with Gasteiger partial charge >= 0.3 is 0 Å². The van der Waals surface area contributed by atoms with Crippen LogP contribution in [0.3, 0.4) is 0 Å². The predicted octanol–water partition coefficient (Wildman–Crippen LogP) is 5.37. The highest BCUT2D eigenvalue weighted by Gasteiger charge is 2.39. The van der Waals surface area contributed by atoms with E-state index in [0.717, 1.165) is 34.1 Å². The van der Waals surface area contributed by atoms with Gasteiger partial charge in [0.1, 0.15) is 6.04 Å². The van der Waals surface area contributed by atoms with Gasteiger partial charge in [-0.3, -0.25) is 9.69 Å². The van der Waals surface area contributed by atoms with E-state index in [2.05, 4.69) is 33.9 Å². The second-order valence-corrected chi connectivity index (χ2v) is 10.9. The lowest BCUT2D eigenvalue weighted by atomic mass is 10.0. The molecule has 2 aliphatic rings. The van der Waals surface area contributed by atoms with E-state index in [9.17, 15) is 4.79 Å². The Morgan fingerprint density at radius 2 is 2.13 bits per heavy atom. The molecule has 5 rings (SSSR count). The first-order valence-electron chi connectivity index (χ1n) is 13.1. The van der Waals surface area contributed by atoms with E-state index >= 15 is 0 Å². The Labute approximate surface area is 233 Å². The van der Waals surface area contributed by atoms with Crippen LogP contribution in [-0.2, 0) is 14.3 Å². The summed E-state index contributed by atoms with van der Waals surface area (Å²) in [5.41, 5.74) is 9.36. The SMILES string of the molecule is C=Cc1[nH]c2c(NC(=O)[C@@H]3COC(C)(C)CN3CC3=N[C@H](c4ccccc4)CCO3)cc(Cl)cc2c1/C=C\N. The number of nitrogens with zero attached hydrogens (tertiary/aromatic N) is 2. The van der Waals surface area contributed by atoms with Gasteiger partial charge in [0.25, 0.3) is 0 Å². The van der Waals surface area contributed by atoms with Crippen LogP contribution >= 0.6 is 11.6 Å². The monoisotopic (exact) mass is 547 g/mol. The molecular weight excluding hydrogens is 514 g/mol. The van der Waals surface area contributed by atoms with E-state index in [1.165, 1.54) is 6.20 Å². The topological polar surface area (TPSA) is 105 Å². The van der Waals surface area contributed by atoms with Crippen LogP contribution in [0.4, 0.5) is 5.69 Å². The van der Waals surface area contributed by atoms with Crippen LogP contribution in [0, 0.1) is 0 Å². The van der Waals surface area contributed by atoms with Gasteiger partial charge in [-0.25, -0.2) is 4.99 Å². The fourth-order valence-corrected chi connectivity index (χ4v) is 5.47. The van der Waals surface area contributed by atoms with E-state index in [1.807, 2.05) is 38.1 Å². The maximum Gasteiger partial charge on any atom is 0.244 e. The van der Waals surface area contributed by atoms with Gasteiger partial charge in [-0.2, -0.15) is 0 Å². The molecule has 0 aliphatic carbocycles. The lowest BCUT2D eigenvalue weighted by Crippen LogP contribution is -2.59. The largest absolute Gasteiger partial charge is 0.480 e. The van der Waals surface area contributed by atoms with Crippen molar-refractivity contribution in [1.29, 1.82) is 0 Å². The van der Waals surface area contributed by atoms with Crippen molar-refractivity contribution in [1.82, 2.24) is 9.88 Å². The molecule has 0 saturated carbocycles. The summed E-state index contributed by atoms with van der Waals surface area (Å²) in [7, 11) is 0. The summed E-state index contributed by atoms with van der Waals surface area (Å²) < 4.78 is 12.0. The van der Waals surface area contributed by atoms with Crippen molar-refractivity contribution >= 4 is 52.1 Å². The smallest absolute Gasteiger partial charge is 0.244 e. The number of amides is 1. The number of rotatable bonds is 7. The van der Waals surface area contributed by atoms with E-state index in [-0.39, 0.29) is 18.6 Å². The Bertz CT molecular complexity index is 1430. The molecule has 2 aliphatic heterocycles. The summed E-state index contributed by atoms with van der Waals surface area (Å²) in [5.74, 6) is 0.435. The number of hydrogen-bond donors (Lipinski definition) is 3. The van der Waals surface area contributed by atoms with Gasteiger partial charge in [-0.05, 0) is 49.9 Å². The van der Waals surface area contributed by atoms with Crippen LogP contribution < -0.4 is 11.1 Å². The van der Waals surface area contributed by atoms with Crippen molar-refractivity contribution in [3.05, 3.63) is 77.1 Å². The minimum atomic E-state index is -0.548. The number of nitrogens with two attached hydrogens (primary N) is 1. The zero-order valence-corrected chi connectivity index (χ0v) is 23.0. The average molecular weight is 548 g/mol. The number of aromatic nitrogens is 1. The summed E-state index contributed by atoms with van der Waals surface area (Å²) in [6.07, 6.45) is 5.78. The molecular formula is C30H34ClN5O3. The number of hydrogen-bond acceptors (Lipinski definition) is 6. The number of carbonyl (C=O) groups excluding carboxylic acids is 1. The van der Waals surface area contributed by atoms with E-state index in [0.29, 0.717) is 36.3 Å². The number of ether oxygens (including phenoxy) is 2. The van der Waals surface area contributed by atoms with Crippen LogP contribution in [0.2, 0.25) is 5.02 Å². The summed E-state index contributed by atoms with van der Waals surface area (Å²) in [6.45, 7) is 9.71. The molecule has 0 bridgehead atoms. The third-order valence-electron chi connectivity index (χ3n) is 7.11. The zero-order chi connectivity index (χ0) is 27.6. The van der Waals surface area contributed by atoms with E-state index in [1.54, 1.807) is 18.2 Å². The highest BCUT2D eigenvalue weighted by Crippen LogP contribution is 2.34. The number of nitrogens with one attached hydrogen (secondary N) is 2. The summed E-state index contributed by atoms with van der Waals surface area (Å²) in [4.78, 5) is 24.0. The van der Waals surface area contributed by atoms with Crippen LogP contribution in [0.5, 0.6) is 0 Å². The maximum absolute atomic E-state index is 13.7. The Morgan fingerprint density at radius 1 is 1.33 bits per heavy atom. The minimum absolute atomic E-state index is 0.0414. The van der Waals surface area contributed by atoms with E-state index < -0.39 is 11.6 Å². The number of H-pyrrole nitrogens is 1. The summed E-state index contributed by atoms with van der Waals surface area (Å²) >= 11 is 6.46. The number of morpholine rings is 1. The van der Waals surface area contributed by atoms with Gasteiger partial charge in [-0.15, -0.1) is 0 Å². The van der Waals surface area contributed by atoms with Crippen molar-refractivity contribution in [3.63, 3.8) is 0 Å². The number of benzene rings is 2. The van der Waals surface area contributed by atoms with Gasteiger partial charge in [0.15, 0.2) is 5.90 Å². The van der Waals surface area contributed by atoms with Crippen LogP contribution in [0.15, 0.2) is 60.2 Å². The van der Waals surface area contributed by atoms with Crippen LogP contribution in [-0.4, -0.2) is 59.6 Å². The molecule has 8 nitrogen and oxygen atoms in total. The van der Waals surface area contributed by atoms with Gasteiger partial charge in [-0.1, -0.05) is 48.5 Å². The van der Waals surface area contributed by atoms with Gasteiger partial charge < -0.3 is 25.5 Å². The lowest BCUT2D eigenvalue weighted by Gasteiger charge is -2.43. The normalized spacial score (nSPS) is 21.5. The molecule has 0 unspecified atom stereocenters. The number of carbonyl (C=O) groups is 1. The fourth-order valence-electron chi connectivity index (χ4n) is 5.26. The second-order valence-electron chi connectivity index (χ2n) is 10.5. The number of fused-ring (bicyclic) bond motifs is 1. The molecule has 3 aromatic rings. The molecule has 1 saturated heterocycles. The maximum atomic E-state index is 13.7. The molecule has 1 aromatic heterocycles. The highest BCUT2D eigenvalue weighted by atomic mass is 35.5. The van der Waals surface area contributed by atoms with Crippen molar-refractivity contribution < 1.29 is 14.3 Å². The molecule has 3 heterocycles. The Kier molecular flexibility index (Phi) is 7.79. The highest BCUT2D eigenvalue weighted by molar-refractivity contribution is 6.32. The minimum Gasteiger partial charge on any atom is -0.480 e. The number of aromatic amines is 1. The van der Waals surface area contributed by atoms with Crippen molar-refractivity contribution in [2.75, 3.05) is 31.6 Å². The quantitative estimate of drug-likeness (QED) is 0.369. The molecule has 0 radical (unpaired) electrons. The van der Waals surface area contributed by atoms with E-state index in [4.69, 9.17) is 31.8 Å². The van der Waals surface area contributed by atoms with Crippen LogP contribution in [0.25, 0.3) is 23.1 Å². The fraction of sp³-hybridized carbons (Fsp3) is 0.333. The molecule has 2 atom stereocenters. The third-order valence-corrected chi connectivity index (χ3v) is 7.33. The molecule has 1 fully saturated rings. The standard InChI is InChI=1S/C30H34ClN5O3/c1-4-23-21(10-12-32)22-14-20(31)15-25(28(22)34-23)35-29(37)26-17-39-30(2,3)18-36(26)16-27-33-24(11-13-38-27)19-8-6-5-7-9-19/h4-10,12,14-15,24,26,34H,1,11,13,16-18,32H2,2-3H3,(H,35,37)/b12-10-/t24-,26-/m0/s1. The Hall–Kier alpha value is -3.59. The van der Waals surface area contributed by atoms with Crippen molar-refractivity contribution in [2.45, 2.75) is 38.0 Å². The summed E-state index contributed by atoms with van der Waals surface area (Å²) in [5, 5.41) is 4.42. The molecule has 39 heavy (non-hydrogen) atoms. The molecule has 0 spiro atoms. The first kappa shape index (κ1) is 27.0. The second kappa shape index (κ2) is 11.3. The Balaban J connectivity index is 1.41. The van der Waals surface area contributed by atoms with Crippen LogP contribution in [0.1, 0.15) is 43.1 Å². The third kappa shape index (κ3) is 5.88. The molecule has 9 heteroatoms. The molecule has 4 N–H and O–H groups in total. The van der Waals surface area contributed by atoms with Gasteiger partial charge in [0.05, 0.1) is 42.6 Å². The number of anilines is 1. The number of halogens is 1. The van der Waals surface area contributed by atoms with Crippen molar-refractivity contribution in [3.8, 4) is 0 Å². The number of aliphatic imine (C=N–C) groups is 1. The zero-order valence-electron chi connectivity index (χ0n) is 22.2.